The number of anilines is 1. The zero-order valence-electron chi connectivity index (χ0n) is 15.3. The van der Waals surface area contributed by atoms with E-state index in [9.17, 15) is 14.7 Å². The number of aliphatic hydroxyl groups is 1. The lowest BCUT2D eigenvalue weighted by Crippen LogP contribution is -2.25. The highest BCUT2D eigenvalue weighted by atomic mass is 16.5. The van der Waals surface area contributed by atoms with Gasteiger partial charge in [0.1, 0.15) is 30.8 Å². The smallest absolute Gasteiger partial charge is 0.338 e. The first-order chi connectivity index (χ1) is 13.0. The van der Waals surface area contributed by atoms with Gasteiger partial charge in [-0.05, 0) is 55.5 Å². The van der Waals surface area contributed by atoms with Crippen molar-refractivity contribution < 1.29 is 28.9 Å². The van der Waals surface area contributed by atoms with Crippen molar-refractivity contribution >= 4 is 17.6 Å². The molecule has 2 aromatic rings. The summed E-state index contributed by atoms with van der Waals surface area (Å²) in [6, 6.07) is 13.3. The van der Waals surface area contributed by atoms with E-state index in [0.717, 1.165) is 0 Å². The first-order valence-corrected chi connectivity index (χ1v) is 8.56. The molecule has 0 aromatic heterocycles. The number of carbonyl (C=O) groups excluding carboxylic acids is 2. The summed E-state index contributed by atoms with van der Waals surface area (Å²) < 4.78 is 15.9. The number of rotatable bonds is 9. The first-order valence-electron chi connectivity index (χ1n) is 8.56. The third-order valence-corrected chi connectivity index (χ3v) is 3.42. The highest BCUT2D eigenvalue weighted by molar-refractivity contribution is 5.89. The maximum absolute atomic E-state index is 11.6. The number of aliphatic hydroxyl groups excluding tert-OH is 1. The fourth-order valence-corrected chi connectivity index (χ4v) is 2.17. The molecule has 2 N–H and O–H groups in total. The quantitative estimate of drug-likeness (QED) is 0.656. The van der Waals surface area contributed by atoms with E-state index in [0.29, 0.717) is 29.4 Å². The normalized spacial score (nSPS) is 11.4. The van der Waals surface area contributed by atoms with Gasteiger partial charge >= 0.3 is 5.97 Å². The van der Waals surface area contributed by atoms with Crippen LogP contribution in [0.2, 0.25) is 0 Å². The number of hydrogen-bond donors (Lipinski definition) is 2. The van der Waals surface area contributed by atoms with Crippen LogP contribution in [0.4, 0.5) is 5.69 Å². The summed E-state index contributed by atoms with van der Waals surface area (Å²) in [7, 11) is 0. The van der Waals surface area contributed by atoms with Crippen molar-refractivity contribution in [1.29, 1.82) is 0 Å². The van der Waals surface area contributed by atoms with Gasteiger partial charge in [-0.25, -0.2) is 4.79 Å². The molecule has 0 unspecified atom stereocenters. The van der Waals surface area contributed by atoms with Crippen LogP contribution in [0.5, 0.6) is 11.5 Å². The van der Waals surface area contributed by atoms with E-state index in [4.69, 9.17) is 14.2 Å². The van der Waals surface area contributed by atoms with Crippen molar-refractivity contribution in [2.45, 2.75) is 20.0 Å². The standard InChI is InChI=1S/C20H23NO6/c1-3-25-20(24)15-4-8-18(9-5-15)26-12-17(23)13-27-19-10-6-16(7-11-19)21-14(2)22/h4-11,17,23H,3,12-13H2,1-2H3,(H,21,22)/t17-/m1/s1. The summed E-state index contributed by atoms with van der Waals surface area (Å²) in [6.07, 6.45) is -0.829. The lowest BCUT2D eigenvalue weighted by Gasteiger charge is -2.14. The van der Waals surface area contributed by atoms with Crippen LogP contribution in [0.3, 0.4) is 0 Å². The molecule has 144 valence electrons. The van der Waals surface area contributed by atoms with E-state index in [1.807, 2.05) is 0 Å². The molecule has 0 aliphatic rings. The second kappa shape index (κ2) is 10.2. The molecule has 0 spiro atoms. The van der Waals surface area contributed by atoms with E-state index < -0.39 is 6.10 Å². The lowest BCUT2D eigenvalue weighted by atomic mass is 10.2. The van der Waals surface area contributed by atoms with Gasteiger partial charge in [0.2, 0.25) is 5.91 Å². The molecular formula is C20H23NO6. The molecule has 2 rings (SSSR count). The summed E-state index contributed by atoms with van der Waals surface area (Å²) in [4.78, 5) is 22.5. The maximum Gasteiger partial charge on any atom is 0.338 e. The van der Waals surface area contributed by atoms with Gasteiger partial charge in [-0.15, -0.1) is 0 Å². The Balaban J connectivity index is 1.75. The molecular weight excluding hydrogens is 350 g/mol. The molecule has 0 aliphatic carbocycles. The SMILES string of the molecule is CCOC(=O)c1ccc(OC[C@@H](O)COc2ccc(NC(C)=O)cc2)cc1. The predicted molar refractivity (Wildman–Crippen MR) is 100 cm³/mol. The Morgan fingerprint density at radius 1 is 0.963 bits per heavy atom. The van der Waals surface area contributed by atoms with Crippen LogP contribution >= 0.6 is 0 Å². The fraction of sp³-hybridized carbons (Fsp3) is 0.300. The summed E-state index contributed by atoms with van der Waals surface area (Å²) >= 11 is 0. The largest absolute Gasteiger partial charge is 0.491 e. The average Bonchev–Trinajstić information content (AvgIpc) is 2.66. The molecule has 0 saturated carbocycles. The average molecular weight is 373 g/mol. The zero-order chi connectivity index (χ0) is 19.6. The molecule has 7 nitrogen and oxygen atoms in total. The minimum atomic E-state index is -0.829. The number of nitrogens with one attached hydrogen (secondary N) is 1. The van der Waals surface area contributed by atoms with Crippen LogP contribution in [-0.2, 0) is 9.53 Å². The topological polar surface area (TPSA) is 94.1 Å². The van der Waals surface area contributed by atoms with Crippen molar-refractivity contribution in [1.82, 2.24) is 0 Å². The van der Waals surface area contributed by atoms with Crippen molar-refractivity contribution in [2.75, 3.05) is 25.1 Å². The Morgan fingerprint density at radius 3 is 1.96 bits per heavy atom. The second-order valence-corrected chi connectivity index (χ2v) is 5.73. The lowest BCUT2D eigenvalue weighted by molar-refractivity contribution is -0.114. The molecule has 0 bridgehead atoms. The van der Waals surface area contributed by atoms with E-state index >= 15 is 0 Å². The second-order valence-electron chi connectivity index (χ2n) is 5.73. The van der Waals surface area contributed by atoms with E-state index in [2.05, 4.69) is 5.32 Å². The van der Waals surface area contributed by atoms with Gasteiger partial charge < -0.3 is 24.6 Å². The molecule has 0 radical (unpaired) electrons. The van der Waals surface area contributed by atoms with Crippen LogP contribution in [0.25, 0.3) is 0 Å². The molecule has 0 fully saturated rings. The van der Waals surface area contributed by atoms with E-state index in [1.165, 1.54) is 6.92 Å². The Hall–Kier alpha value is -3.06. The van der Waals surface area contributed by atoms with Gasteiger partial charge in [0.05, 0.1) is 12.2 Å². The summed E-state index contributed by atoms with van der Waals surface area (Å²) in [5.41, 5.74) is 1.11. The van der Waals surface area contributed by atoms with E-state index in [1.54, 1.807) is 55.5 Å². The Morgan fingerprint density at radius 2 is 1.48 bits per heavy atom. The fourth-order valence-electron chi connectivity index (χ4n) is 2.17. The molecule has 0 saturated heterocycles. The van der Waals surface area contributed by atoms with Gasteiger partial charge in [-0.3, -0.25) is 4.79 Å². The van der Waals surface area contributed by atoms with Crippen molar-refractivity contribution in [3.8, 4) is 11.5 Å². The monoisotopic (exact) mass is 373 g/mol. The molecule has 0 aliphatic heterocycles. The third-order valence-electron chi connectivity index (χ3n) is 3.42. The summed E-state index contributed by atoms with van der Waals surface area (Å²) in [5, 5.41) is 12.6. The van der Waals surface area contributed by atoms with Crippen LogP contribution in [0, 0.1) is 0 Å². The van der Waals surface area contributed by atoms with Gasteiger partial charge in [0, 0.05) is 12.6 Å². The summed E-state index contributed by atoms with van der Waals surface area (Å²) in [6.45, 7) is 3.60. The third kappa shape index (κ3) is 6.99. The Bertz CT molecular complexity index is 742. The van der Waals surface area contributed by atoms with Crippen molar-refractivity contribution in [3.05, 3.63) is 54.1 Å². The number of carbonyl (C=O) groups is 2. The molecule has 1 amide bonds. The number of benzene rings is 2. The number of esters is 1. The molecule has 1 atom stereocenters. The predicted octanol–water partition coefficient (Wildman–Crippen LogP) is 2.64. The number of ether oxygens (including phenoxy) is 3. The molecule has 2 aromatic carbocycles. The zero-order valence-corrected chi connectivity index (χ0v) is 15.3. The Labute approximate surface area is 157 Å². The summed E-state index contributed by atoms with van der Waals surface area (Å²) in [5.74, 6) is 0.567. The minimum Gasteiger partial charge on any atom is -0.491 e. The van der Waals surface area contributed by atoms with Gasteiger partial charge in [-0.1, -0.05) is 0 Å². The van der Waals surface area contributed by atoms with Gasteiger partial charge in [0.25, 0.3) is 0 Å². The van der Waals surface area contributed by atoms with E-state index in [-0.39, 0.29) is 25.1 Å². The van der Waals surface area contributed by atoms with Crippen LogP contribution in [0.1, 0.15) is 24.2 Å². The number of hydrogen-bond acceptors (Lipinski definition) is 6. The minimum absolute atomic E-state index is 0.0444. The first kappa shape index (κ1) is 20.3. The molecule has 27 heavy (non-hydrogen) atoms. The molecule has 7 heteroatoms. The maximum atomic E-state index is 11.6. The van der Waals surface area contributed by atoms with Gasteiger partial charge in [-0.2, -0.15) is 0 Å². The highest BCUT2D eigenvalue weighted by Gasteiger charge is 2.09. The highest BCUT2D eigenvalue weighted by Crippen LogP contribution is 2.16. The van der Waals surface area contributed by atoms with Crippen molar-refractivity contribution in [2.24, 2.45) is 0 Å². The van der Waals surface area contributed by atoms with Crippen molar-refractivity contribution in [3.63, 3.8) is 0 Å². The Kier molecular flexibility index (Phi) is 7.63. The molecule has 0 heterocycles. The van der Waals surface area contributed by atoms with Crippen LogP contribution in [-0.4, -0.2) is 42.9 Å². The van der Waals surface area contributed by atoms with Gasteiger partial charge in [0.15, 0.2) is 0 Å². The van der Waals surface area contributed by atoms with Crippen LogP contribution in [0.15, 0.2) is 48.5 Å². The van der Waals surface area contributed by atoms with Crippen LogP contribution < -0.4 is 14.8 Å². The number of amides is 1.